The number of hydrogen-bond acceptors (Lipinski definition) is 8. The van der Waals surface area contributed by atoms with Gasteiger partial charge < -0.3 is 24.7 Å². The Morgan fingerprint density at radius 3 is 2.61 bits per heavy atom. The lowest BCUT2D eigenvalue weighted by atomic mass is 10.2. The number of amides is 1. The molecular formula is C24H30N6O5S. The molecule has 192 valence electrons. The Morgan fingerprint density at radius 1 is 1.31 bits per heavy atom. The Labute approximate surface area is 209 Å². The fraction of sp³-hybridized carbons (Fsp3) is 0.417. The number of aliphatic hydroxyl groups is 1. The van der Waals surface area contributed by atoms with E-state index in [1.54, 1.807) is 55.4 Å². The number of sulfonamides is 1. The second kappa shape index (κ2) is 9.51. The lowest BCUT2D eigenvalue weighted by Gasteiger charge is -2.25. The predicted molar refractivity (Wildman–Crippen MR) is 135 cm³/mol. The van der Waals surface area contributed by atoms with Gasteiger partial charge in [-0.3, -0.25) is 4.72 Å². The summed E-state index contributed by atoms with van der Waals surface area (Å²) in [5, 5.41) is 18.6. The van der Waals surface area contributed by atoms with Crippen LogP contribution in [0.1, 0.15) is 57.6 Å². The quantitative estimate of drug-likeness (QED) is 0.426. The van der Waals surface area contributed by atoms with Crippen molar-refractivity contribution in [1.82, 2.24) is 19.4 Å². The minimum Gasteiger partial charge on any atom is -0.444 e. The molecule has 1 amide bonds. The van der Waals surface area contributed by atoms with Gasteiger partial charge in [0.15, 0.2) is 5.82 Å². The first-order chi connectivity index (χ1) is 16.9. The number of hydrogen-bond donors (Lipinski definition) is 3. The van der Waals surface area contributed by atoms with E-state index in [4.69, 9.17) is 10.1 Å². The number of ether oxygens (including phenoxy) is 1. The van der Waals surface area contributed by atoms with Crippen LogP contribution in [-0.4, -0.2) is 64.0 Å². The maximum atomic E-state index is 12.9. The average molecular weight is 515 g/mol. The summed E-state index contributed by atoms with van der Waals surface area (Å²) in [6.45, 7) is 7.73. The molecule has 3 aromatic rings. The Hall–Kier alpha value is -3.51. The molecule has 2 aromatic heterocycles. The van der Waals surface area contributed by atoms with Crippen LogP contribution in [0.4, 0.5) is 10.6 Å². The van der Waals surface area contributed by atoms with Crippen LogP contribution in [0.15, 0.2) is 41.4 Å². The number of anilines is 1. The topological polar surface area (TPSA) is 150 Å². The highest BCUT2D eigenvalue weighted by Gasteiger charge is 2.34. The van der Waals surface area contributed by atoms with Crippen molar-refractivity contribution in [2.75, 3.05) is 17.8 Å². The zero-order chi connectivity index (χ0) is 26.3. The lowest BCUT2D eigenvalue weighted by Crippen LogP contribution is -2.35. The van der Waals surface area contributed by atoms with E-state index in [1.165, 1.54) is 18.3 Å². The lowest BCUT2D eigenvalue weighted by molar-refractivity contribution is 0.0289. The van der Waals surface area contributed by atoms with Crippen LogP contribution in [0.3, 0.4) is 0 Å². The Balaban J connectivity index is 1.77. The number of aliphatic hydroxyl groups excluding tert-OH is 1. The van der Waals surface area contributed by atoms with Crippen molar-refractivity contribution in [3.05, 3.63) is 47.9 Å². The van der Waals surface area contributed by atoms with Crippen LogP contribution in [0.2, 0.25) is 0 Å². The van der Waals surface area contributed by atoms with Gasteiger partial charge in [0, 0.05) is 19.3 Å². The first-order valence-electron chi connectivity index (χ1n) is 11.6. The fourth-order valence-electron chi connectivity index (χ4n) is 4.25. The number of benzene rings is 1. The molecular weight excluding hydrogens is 484 g/mol. The first-order valence-corrected chi connectivity index (χ1v) is 13.0. The number of aromatic nitrogens is 3. The Morgan fingerprint density at radius 2 is 2.00 bits per heavy atom. The number of carbonyl (C=O) groups is 1. The fourth-order valence-corrected chi connectivity index (χ4v) is 5.30. The van der Waals surface area contributed by atoms with E-state index in [1.807, 2.05) is 0 Å². The smallest absolute Gasteiger partial charge is 0.410 e. The van der Waals surface area contributed by atoms with Gasteiger partial charge in [-0.25, -0.2) is 23.2 Å². The summed E-state index contributed by atoms with van der Waals surface area (Å²) in [7, 11) is -3.96. The molecule has 3 N–H and O–H groups in total. The van der Waals surface area contributed by atoms with E-state index in [-0.39, 0.29) is 22.3 Å². The van der Waals surface area contributed by atoms with Crippen molar-refractivity contribution < 1.29 is 23.1 Å². The van der Waals surface area contributed by atoms with Crippen LogP contribution in [0.5, 0.6) is 0 Å². The molecule has 1 fully saturated rings. The summed E-state index contributed by atoms with van der Waals surface area (Å²) in [5.74, 6) is 0.315. The molecule has 1 unspecified atom stereocenters. The predicted octanol–water partition coefficient (Wildman–Crippen LogP) is 3.46. The van der Waals surface area contributed by atoms with Gasteiger partial charge in [-0.15, -0.1) is 0 Å². The number of pyridine rings is 1. The van der Waals surface area contributed by atoms with Crippen LogP contribution in [0.25, 0.3) is 11.0 Å². The standard InChI is InChI=1S/C24H30N6O5S/c1-15(31)22-27-19-13-26-21(28-36(33,34)17-8-6-5-7-9-17)18(12-25)20(19)30(22)16-10-11-29(14-16)23(32)35-24(2,3)4/h5-9,12-13,15-16,25,31H,10-11,14H2,1-4H3,(H,26,28)/t15-,16?/m1/s1. The number of likely N-dealkylation sites (tertiary alicyclic amines) is 1. The van der Waals surface area contributed by atoms with Crippen molar-refractivity contribution in [2.45, 2.75) is 56.8 Å². The monoisotopic (exact) mass is 514 g/mol. The van der Waals surface area contributed by atoms with Crippen LogP contribution < -0.4 is 4.72 Å². The molecule has 0 spiro atoms. The van der Waals surface area contributed by atoms with Gasteiger partial charge in [0.2, 0.25) is 0 Å². The molecule has 0 radical (unpaired) electrons. The highest BCUT2D eigenvalue weighted by atomic mass is 32.2. The minimum absolute atomic E-state index is 0.0263. The SMILES string of the molecule is C[C@@H](O)c1nc2cnc(NS(=O)(=O)c3ccccc3)c(C=N)c2n1C1CCN(C(=O)OC(C)(C)C)C1. The molecule has 36 heavy (non-hydrogen) atoms. The second-order valence-corrected chi connectivity index (χ2v) is 11.4. The normalized spacial score (nSPS) is 17.2. The molecule has 0 aliphatic carbocycles. The van der Waals surface area contributed by atoms with Gasteiger partial charge >= 0.3 is 6.09 Å². The summed E-state index contributed by atoms with van der Waals surface area (Å²) in [6, 6.07) is 7.60. The van der Waals surface area contributed by atoms with Gasteiger partial charge in [-0.1, -0.05) is 18.2 Å². The van der Waals surface area contributed by atoms with Crippen molar-refractivity contribution >= 4 is 39.2 Å². The number of imidazole rings is 1. The zero-order valence-electron chi connectivity index (χ0n) is 20.6. The average Bonchev–Trinajstić information content (AvgIpc) is 3.43. The maximum absolute atomic E-state index is 12.9. The third-order valence-electron chi connectivity index (χ3n) is 5.77. The van der Waals surface area contributed by atoms with Gasteiger partial charge in [0.1, 0.15) is 23.0 Å². The number of nitrogens with one attached hydrogen (secondary N) is 2. The maximum Gasteiger partial charge on any atom is 0.410 e. The molecule has 12 heteroatoms. The van der Waals surface area contributed by atoms with Crippen molar-refractivity contribution in [3.63, 3.8) is 0 Å². The molecule has 3 heterocycles. The number of carbonyl (C=O) groups excluding carboxylic acids is 1. The molecule has 1 aliphatic heterocycles. The van der Waals surface area contributed by atoms with E-state index in [2.05, 4.69) is 14.7 Å². The van der Waals surface area contributed by atoms with Gasteiger partial charge in [-0.2, -0.15) is 0 Å². The second-order valence-electron chi connectivity index (χ2n) is 9.70. The summed E-state index contributed by atoms with van der Waals surface area (Å²) < 4.78 is 35.7. The van der Waals surface area contributed by atoms with E-state index >= 15 is 0 Å². The molecule has 11 nitrogen and oxygen atoms in total. The molecule has 2 atom stereocenters. The highest BCUT2D eigenvalue weighted by molar-refractivity contribution is 7.92. The van der Waals surface area contributed by atoms with Crippen molar-refractivity contribution in [3.8, 4) is 0 Å². The third kappa shape index (κ3) is 5.05. The molecule has 1 saturated heterocycles. The van der Waals surface area contributed by atoms with E-state index in [0.717, 1.165) is 6.21 Å². The summed E-state index contributed by atoms with van der Waals surface area (Å²) in [6.07, 6.45) is 1.61. The highest BCUT2D eigenvalue weighted by Crippen LogP contribution is 2.34. The van der Waals surface area contributed by atoms with E-state index < -0.39 is 27.8 Å². The number of fused-ring (bicyclic) bond motifs is 1. The Kier molecular flexibility index (Phi) is 6.76. The molecule has 0 saturated carbocycles. The van der Waals surface area contributed by atoms with Crippen LogP contribution in [0, 0.1) is 5.41 Å². The third-order valence-corrected chi connectivity index (χ3v) is 7.13. The zero-order valence-corrected chi connectivity index (χ0v) is 21.4. The van der Waals surface area contributed by atoms with Gasteiger partial charge in [-0.05, 0) is 46.2 Å². The van der Waals surface area contributed by atoms with Gasteiger partial charge in [0.25, 0.3) is 10.0 Å². The van der Waals surface area contributed by atoms with Gasteiger partial charge in [0.05, 0.1) is 28.2 Å². The van der Waals surface area contributed by atoms with E-state index in [9.17, 15) is 18.3 Å². The summed E-state index contributed by atoms with van der Waals surface area (Å²) in [4.78, 5) is 23.0. The molecule has 4 rings (SSSR count). The minimum atomic E-state index is -3.96. The van der Waals surface area contributed by atoms with Crippen molar-refractivity contribution in [2.24, 2.45) is 0 Å². The number of nitrogens with zero attached hydrogens (tertiary/aromatic N) is 4. The van der Waals surface area contributed by atoms with Crippen LogP contribution in [-0.2, 0) is 14.8 Å². The van der Waals surface area contributed by atoms with E-state index in [0.29, 0.717) is 36.4 Å². The molecule has 0 bridgehead atoms. The molecule has 1 aromatic carbocycles. The molecule has 1 aliphatic rings. The Bertz CT molecular complexity index is 1400. The number of rotatable bonds is 6. The van der Waals surface area contributed by atoms with Crippen LogP contribution >= 0.6 is 0 Å². The first kappa shape index (κ1) is 25.6. The van der Waals surface area contributed by atoms with Crippen molar-refractivity contribution in [1.29, 1.82) is 5.41 Å². The summed E-state index contributed by atoms with van der Waals surface area (Å²) in [5.41, 5.74) is 0.438. The summed E-state index contributed by atoms with van der Waals surface area (Å²) >= 11 is 0. The largest absolute Gasteiger partial charge is 0.444 e.